The van der Waals surface area contributed by atoms with Crippen molar-refractivity contribution in [3.8, 4) is 11.5 Å². The van der Waals surface area contributed by atoms with Crippen molar-refractivity contribution in [3.05, 3.63) is 57.6 Å². The lowest BCUT2D eigenvalue weighted by molar-refractivity contribution is 0.0345. The molecule has 0 aliphatic rings. The van der Waals surface area contributed by atoms with Gasteiger partial charge in [-0.1, -0.05) is 328 Å². The van der Waals surface area contributed by atoms with Crippen molar-refractivity contribution in [2.75, 3.05) is 0 Å². The molecular weight excluding hydrogens is 952 g/mol. The van der Waals surface area contributed by atoms with E-state index in [9.17, 15) is 15.1 Å². The zero-order valence-electron chi connectivity index (χ0n) is 53.4. The molecule has 0 radical (unpaired) electrons. The molecule has 3 N–H and O–H groups in total. The lowest BCUT2D eigenvalue weighted by Crippen LogP contribution is -2.35. The summed E-state index contributed by atoms with van der Waals surface area (Å²) in [4.78, 5) is 13.6. The molecule has 1 atom stereocenters. The van der Waals surface area contributed by atoms with Gasteiger partial charge in [0.2, 0.25) is 0 Å². The highest BCUT2D eigenvalue weighted by atomic mass is 31.2. The van der Waals surface area contributed by atoms with Gasteiger partial charge in [-0.25, -0.2) is 0 Å². The third kappa shape index (κ3) is 23.3. The van der Waals surface area contributed by atoms with Crippen molar-refractivity contribution in [2.45, 2.75) is 374 Å². The minimum atomic E-state index is -4.58. The second-order valence-electron chi connectivity index (χ2n) is 28.3. The third-order valence-electron chi connectivity index (χ3n) is 17.4. The molecule has 0 saturated heterocycles. The number of phenols is 2. The second-order valence-corrected chi connectivity index (χ2v) is 30.4. The first kappa shape index (κ1) is 70.3. The number of phenolic OH excluding ortho intramolecular Hbond substituents is 2. The van der Waals surface area contributed by atoms with Gasteiger partial charge in [-0.05, 0) is 92.9 Å². The highest BCUT2D eigenvalue weighted by Gasteiger charge is 2.54. The van der Waals surface area contributed by atoms with E-state index in [-0.39, 0.29) is 10.8 Å². The van der Waals surface area contributed by atoms with Gasteiger partial charge in [0.1, 0.15) is 17.1 Å². The van der Waals surface area contributed by atoms with Gasteiger partial charge in [-0.3, -0.25) is 9.09 Å². The van der Waals surface area contributed by atoms with Gasteiger partial charge in [0.15, 0.2) is 0 Å². The van der Waals surface area contributed by atoms with Crippen LogP contribution in [0.2, 0.25) is 0 Å². The van der Waals surface area contributed by atoms with E-state index in [1.165, 1.54) is 167 Å². The lowest BCUT2D eigenvalue weighted by atomic mass is 9.75. The molecule has 0 heterocycles. The Labute approximate surface area is 473 Å². The molecule has 0 saturated carbocycles. The Balaban J connectivity index is 2.59. The monoisotopic (exact) mass is 1080 g/mol. The van der Waals surface area contributed by atoms with Gasteiger partial charge >= 0.3 is 7.60 Å². The second kappa shape index (κ2) is 34.5. The van der Waals surface area contributed by atoms with Crippen LogP contribution in [-0.4, -0.2) is 15.1 Å². The average Bonchev–Trinajstić information content (AvgIpc) is 3.33. The van der Waals surface area contributed by atoms with Crippen molar-refractivity contribution in [3.63, 3.8) is 0 Å². The Kier molecular flexibility index (Phi) is 31.9. The summed E-state index contributed by atoms with van der Waals surface area (Å²) in [5.41, 5.74) is 2.31. The number of hydrogen-bond donors (Lipinski definition) is 3. The van der Waals surface area contributed by atoms with Crippen LogP contribution in [-0.2, 0) is 41.5 Å². The van der Waals surface area contributed by atoms with Crippen molar-refractivity contribution in [1.29, 1.82) is 0 Å². The van der Waals surface area contributed by atoms with Gasteiger partial charge in [-0.2, -0.15) is 0 Å². The Bertz CT molecular complexity index is 1810. The molecule has 2 aromatic carbocycles. The summed E-state index contributed by atoms with van der Waals surface area (Å²) in [7, 11) is -4.58. The van der Waals surface area contributed by atoms with Crippen LogP contribution in [0.25, 0.3) is 0 Å². The van der Waals surface area contributed by atoms with Crippen LogP contribution in [0.3, 0.4) is 0 Å². The normalized spacial score (nSPS) is 14.0. The minimum Gasteiger partial charge on any atom is -0.507 e. The van der Waals surface area contributed by atoms with E-state index in [4.69, 9.17) is 4.52 Å². The third-order valence-corrected chi connectivity index (χ3v) is 19.8. The molecule has 5 nitrogen and oxygen atoms in total. The standard InChI is InChI=1S/C70H127O5P/c1-17-21-23-25-27-29-31-33-35-37-39-41-43-45-47-49-51-70(58-55-61(67(11,12)13)64(72)62(56-58)68(14,15)16,52-50-48-46-44-42-40-38-36-34-32-30-28-26-24-22-18-2)76(73,74)75-69(19-3,20-4)57-53-59(65(5,6)7)63(71)60(54-57)66(8,9)10/h53-56,71-72H,17-52H2,1-16H3,(H,73,74). The SMILES string of the molecule is CCCCCCCCCCCCCCCCCCC(CCCCCCCCCCCCCCCCCC)(c1cc(C(C)(C)C)c(O)c(C(C)(C)C)c1)P(=O)(O)OC(CC)(CC)c1cc(C(C)(C)C)c(O)c(C(C)(C)C)c1. The molecule has 0 aliphatic carbocycles. The van der Waals surface area contributed by atoms with E-state index < -0.39 is 29.2 Å². The lowest BCUT2D eigenvalue weighted by Gasteiger charge is -2.44. The van der Waals surface area contributed by atoms with E-state index in [2.05, 4.69) is 135 Å². The molecular formula is C70H127O5P. The highest BCUT2D eigenvalue weighted by molar-refractivity contribution is 7.54. The fourth-order valence-corrected chi connectivity index (χ4v) is 14.4. The summed E-state index contributed by atoms with van der Waals surface area (Å²) in [6.07, 6.45) is 42.8. The first-order valence-corrected chi connectivity index (χ1v) is 34.1. The molecule has 1 unspecified atom stereocenters. The molecule has 0 fully saturated rings. The largest absolute Gasteiger partial charge is 0.507 e. The van der Waals surface area contributed by atoms with E-state index in [1.54, 1.807) is 0 Å². The van der Waals surface area contributed by atoms with Crippen molar-refractivity contribution in [2.24, 2.45) is 0 Å². The molecule has 2 rings (SSSR count). The Morgan fingerprint density at radius 1 is 0.355 bits per heavy atom. The molecule has 442 valence electrons. The van der Waals surface area contributed by atoms with Crippen LogP contribution < -0.4 is 0 Å². The Morgan fingerprint density at radius 3 is 0.776 bits per heavy atom. The summed E-state index contributed by atoms with van der Waals surface area (Å²) in [6.45, 7) is 34.4. The first-order chi connectivity index (χ1) is 35.7. The van der Waals surface area contributed by atoms with Gasteiger partial charge in [0.25, 0.3) is 0 Å². The quantitative estimate of drug-likeness (QED) is 0.0456. The Morgan fingerprint density at radius 2 is 0.566 bits per heavy atom. The molecule has 0 aliphatic heterocycles. The summed E-state index contributed by atoms with van der Waals surface area (Å²) in [6, 6.07) is 8.34. The van der Waals surface area contributed by atoms with E-state index in [0.29, 0.717) is 37.2 Å². The summed E-state index contributed by atoms with van der Waals surface area (Å²) < 4.78 is 23.9. The highest BCUT2D eigenvalue weighted by Crippen LogP contribution is 2.70. The van der Waals surface area contributed by atoms with Crippen LogP contribution in [0.4, 0.5) is 0 Å². The predicted octanol–water partition coefficient (Wildman–Crippen LogP) is 23.7. The smallest absolute Gasteiger partial charge is 0.339 e. The average molecular weight is 1080 g/mol. The van der Waals surface area contributed by atoms with Crippen LogP contribution >= 0.6 is 7.60 Å². The van der Waals surface area contributed by atoms with E-state index >= 15 is 4.57 Å². The van der Waals surface area contributed by atoms with Gasteiger partial charge < -0.3 is 15.1 Å². The van der Waals surface area contributed by atoms with Gasteiger partial charge in [0.05, 0.1) is 5.16 Å². The molecule has 0 spiro atoms. The minimum absolute atomic E-state index is 0.293. The fraction of sp³-hybridized carbons (Fsp3) is 0.829. The summed E-state index contributed by atoms with van der Waals surface area (Å²) in [5.74, 6) is 0.591. The van der Waals surface area contributed by atoms with Gasteiger partial charge in [-0.15, -0.1) is 0 Å². The predicted molar refractivity (Wildman–Crippen MR) is 334 cm³/mol. The molecule has 0 bridgehead atoms. The molecule has 6 heteroatoms. The first-order valence-electron chi connectivity index (χ1n) is 32.5. The molecule has 76 heavy (non-hydrogen) atoms. The van der Waals surface area contributed by atoms with Crippen molar-refractivity contribution in [1.82, 2.24) is 0 Å². The Hall–Kier alpha value is -1.81. The van der Waals surface area contributed by atoms with E-state index in [0.717, 1.165) is 71.9 Å². The number of hydrogen-bond acceptors (Lipinski definition) is 4. The van der Waals surface area contributed by atoms with Crippen LogP contribution in [0.15, 0.2) is 24.3 Å². The summed E-state index contributed by atoms with van der Waals surface area (Å²) >= 11 is 0. The number of benzene rings is 2. The van der Waals surface area contributed by atoms with Crippen molar-refractivity contribution < 1.29 is 24.2 Å². The zero-order valence-corrected chi connectivity index (χ0v) is 54.3. The molecule has 0 aromatic heterocycles. The maximum Gasteiger partial charge on any atom is 0.339 e. The van der Waals surface area contributed by atoms with E-state index in [1.807, 2.05) is 0 Å². The zero-order chi connectivity index (χ0) is 57.1. The number of aromatic hydroxyl groups is 2. The van der Waals surface area contributed by atoms with Crippen LogP contribution in [0.5, 0.6) is 11.5 Å². The van der Waals surface area contributed by atoms with Crippen molar-refractivity contribution >= 4 is 7.60 Å². The molecule has 0 amide bonds. The maximum absolute atomic E-state index is 16.6. The molecule has 2 aromatic rings. The fourth-order valence-electron chi connectivity index (χ4n) is 12.0. The van der Waals surface area contributed by atoms with Gasteiger partial charge in [0, 0.05) is 0 Å². The maximum atomic E-state index is 16.6. The topological polar surface area (TPSA) is 87.0 Å². The number of rotatable bonds is 41. The number of unbranched alkanes of at least 4 members (excludes halogenated alkanes) is 30. The van der Waals surface area contributed by atoms with Crippen LogP contribution in [0.1, 0.15) is 375 Å². The summed E-state index contributed by atoms with van der Waals surface area (Å²) in [5, 5.41) is 22.8. The van der Waals surface area contributed by atoms with Crippen LogP contribution in [0, 0.1) is 0 Å².